The first-order valence-corrected chi connectivity index (χ1v) is 23.5. The molecule has 2 heteroatoms. The van der Waals surface area contributed by atoms with Crippen molar-refractivity contribution in [2.24, 2.45) is 0 Å². The molecule has 0 radical (unpaired) electrons. The molecule has 0 amide bonds. The molecule has 290 valence electrons. The Morgan fingerprint density at radius 2 is 0.629 bits per heavy atom. The molecule has 0 unspecified atom stereocenters. The summed E-state index contributed by atoms with van der Waals surface area (Å²) in [7, 11) is -2.68. The van der Waals surface area contributed by atoms with E-state index in [4.69, 9.17) is 0 Å². The molecule has 0 saturated heterocycles. The number of nitrogens with zero attached hydrogens (tertiary/aromatic N) is 1. The highest BCUT2D eigenvalue weighted by atomic mass is 28.3. The summed E-state index contributed by atoms with van der Waals surface area (Å²) < 4.78 is 2.51. The number of hydrogen-bond acceptors (Lipinski definition) is 0. The second-order valence-electron chi connectivity index (χ2n) is 16.4. The van der Waals surface area contributed by atoms with Crippen LogP contribution in [0, 0.1) is 0 Å². The van der Waals surface area contributed by atoms with Crippen molar-refractivity contribution in [1.82, 2.24) is 4.57 Å². The first-order chi connectivity index (χ1) is 30.7. The van der Waals surface area contributed by atoms with Gasteiger partial charge in [-0.2, -0.15) is 0 Å². The summed E-state index contributed by atoms with van der Waals surface area (Å²) in [5, 5.41) is 8.19. The smallest absolute Gasteiger partial charge is 0.180 e. The van der Waals surface area contributed by atoms with Crippen molar-refractivity contribution in [2.45, 2.75) is 0 Å². The average molecular weight is 804 g/mol. The molecule has 0 aliphatic carbocycles. The molecule has 0 spiro atoms. The van der Waals surface area contributed by atoms with Gasteiger partial charge < -0.3 is 4.57 Å². The second kappa shape index (κ2) is 14.7. The van der Waals surface area contributed by atoms with Crippen molar-refractivity contribution in [2.75, 3.05) is 0 Å². The average Bonchev–Trinajstić information content (AvgIpc) is 3.85. The Morgan fingerprint density at radius 1 is 0.258 bits per heavy atom. The van der Waals surface area contributed by atoms with Crippen LogP contribution in [0.3, 0.4) is 0 Å². The van der Waals surface area contributed by atoms with Crippen LogP contribution in [0.1, 0.15) is 0 Å². The lowest BCUT2D eigenvalue weighted by molar-refractivity contribution is 1.18. The fraction of sp³-hybridized carbons (Fsp3) is 0. The Hall–Kier alpha value is -7.78. The van der Waals surface area contributed by atoms with Crippen molar-refractivity contribution in [3.8, 4) is 61.3 Å². The number of benzene rings is 10. The van der Waals surface area contributed by atoms with Gasteiger partial charge in [0.25, 0.3) is 0 Å². The van der Waals surface area contributed by atoms with E-state index in [1.165, 1.54) is 104 Å². The van der Waals surface area contributed by atoms with Gasteiger partial charge in [-0.3, -0.25) is 0 Å². The minimum absolute atomic E-state index is 1.18. The Labute approximate surface area is 363 Å². The van der Waals surface area contributed by atoms with E-state index in [0.29, 0.717) is 0 Å². The highest BCUT2D eigenvalue weighted by molar-refractivity contribution is 7.22. The lowest BCUT2D eigenvalue weighted by atomic mass is 9.97. The molecule has 1 aliphatic heterocycles. The monoisotopic (exact) mass is 803 g/mol. The molecule has 0 fully saturated rings. The summed E-state index contributed by atoms with van der Waals surface area (Å²) in [5.41, 5.74) is 16.0. The van der Waals surface area contributed by atoms with Crippen molar-refractivity contribution in [1.29, 1.82) is 0 Å². The van der Waals surface area contributed by atoms with Crippen molar-refractivity contribution in [3.63, 3.8) is 0 Å². The zero-order chi connectivity index (χ0) is 41.0. The third kappa shape index (κ3) is 5.76. The van der Waals surface area contributed by atoms with Crippen LogP contribution in [0.5, 0.6) is 0 Å². The normalized spacial score (nSPS) is 12.6. The Kier molecular flexibility index (Phi) is 8.58. The van der Waals surface area contributed by atoms with E-state index in [1.54, 1.807) is 0 Å². The number of hydrogen-bond donors (Lipinski definition) is 0. The van der Waals surface area contributed by atoms with Crippen LogP contribution in [-0.2, 0) is 0 Å². The fourth-order valence-corrected chi connectivity index (χ4v) is 15.4. The van der Waals surface area contributed by atoms with Crippen LogP contribution in [0.15, 0.2) is 249 Å². The quantitative estimate of drug-likeness (QED) is 0.141. The van der Waals surface area contributed by atoms with Gasteiger partial charge in [0, 0.05) is 16.5 Å². The van der Waals surface area contributed by atoms with E-state index in [1.807, 2.05) is 0 Å². The van der Waals surface area contributed by atoms with Gasteiger partial charge >= 0.3 is 0 Å². The van der Waals surface area contributed by atoms with Crippen LogP contribution in [-0.4, -0.2) is 12.6 Å². The topological polar surface area (TPSA) is 4.93 Å². The summed E-state index contributed by atoms with van der Waals surface area (Å²) in [6.45, 7) is 0. The van der Waals surface area contributed by atoms with Crippen LogP contribution >= 0.6 is 0 Å². The predicted octanol–water partition coefficient (Wildman–Crippen LogP) is 12.8. The first kappa shape index (κ1) is 36.1. The zero-order valence-electron chi connectivity index (χ0n) is 34.1. The molecule has 62 heavy (non-hydrogen) atoms. The lowest BCUT2D eigenvalue weighted by Gasteiger charge is -2.31. The molecule has 10 aromatic carbocycles. The highest BCUT2D eigenvalue weighted by Gasteiger charge is 2.48. The van der Waals surface area contributed by atoms with Crippen molar-refractivity contribution in [3.05, 3.63) is 249 Å². The summed E-state index contributed by atoms with van der Waals surface area (Å²) in [4.78, 5) is 0. The molecule has 1 aliphatic rings. The maximum absolute atomic E-state index is 2.68. The molecule has 1 aromatic heterocycles. The summed E-state index contributed by atoms with van der Waals surface area (Å²) in [6, 6.07) is 92.4. The molecule has 0 N–H and O–H groups in total. The van der Waals surface area contributed by atoms with E-state index >= 15 is 0 Å². The molecular weight excluding hydrogens is 763 g/mol. The maximum Gasteiger partial charge on any atom is 0.180 e. The largest absolute Gasteiger partial charge is 0.309 e. The van der Waals surface area contributed by atoms with E-state index < -0.39 is 8.07 Å². The van der Waals surface area contributed by atoms with E-state index in [9.17, 15) is 0 Å². The molecule has 1 nitrogen and oxygen atoms in total. The zero-order valence-corrected chi connectivity index (χ0v) is 35.1. The van der Waals surface area contributed by atoms with Crippen LogP contribution in [0.4, 0.5) is 0 Å². The first-order valence-electron chi connectivity index (χ1n) is 21.5. The maximum atomic E-state index is 2.53. The molecule has 12 rings (SSSR count). The Bertz CT molecular complexity index is 3230. The fourth-order valence-electron chi connectivity index (χ4n) is 10.2. The summed E-state index contributed by atoms with van der Waals surface area (Å²) in [5.74, 6) is 0. The van der Waals surface area contributed by atoms with Gasteiger partial charge in [0.15, 0.2) is 8.07 Å². The number of aromatic nitrogens is 1. The standard InChI is InChI=1S/C60H41NSi/c1-5-15-42(16-6-1)44-25-29-46(30-26-44)48-33-37-57-55(39-48)56-40-49(47-31-27-45(28-32-47)43-17-7-2-8-18-43)34-38-58(56)61(57)50-35-36-54-53-23-13-14-24-59(53)62(60(54)41-50,51-19-9-3-10-20-51)52-21-11-4-12-22-52/h1-41H. The minimum Gasteiger partial charge on any atom is -0.309 e. The molecule has 0 atom stereocenters. The van der Waals surface area contributed by atoms with Crippen LogP contribution in [0.2, 0.25) is 0 Å². The van der Waals surface area contributed by atoms with Gasteiger partial charge in [0.05, 0.1) is 11.0 Å². The Balaban J connectivity index is 1.06. The third-order valence-electron chi connectivity index (χ3n) is 13.1. The Morgan fingerprint density at radius 3 is 1.11 bits per heavy atom. The van der Waals surface area contributed by atoms with Gasteiger partial charge in [-0.05, 0) is 113 Å². The van der Waals surface area contributed by atoms with Crippen molar-refractivity contribution < 1.29 is 0 Å². The summed E-state index contributed by atoms with van der Waals surface area (Å²) >= 11 is 0. The van der Waals surface area contributed by atoms with E-state index in [0.717, 1.165) is 0 Å². The third-order valence-corrected chi connectivity index (χ3v) is 18.0. The highest BCUT2D eigenvalue weighted by Crippen LogP contribution is 2.39. The van der Waals surface area contributed by atoms with E-state index in [-0.39, 0.29) is 0 Å². The molecular formula is C60H41NSi. The summed E-state index contributed by atoms with van der Waals surface area (Å²) in [6.07, 6.45) is 0. The van der Waals surface area contributed by atoms with Gasteiger partial charge in [-0.1, -0.05) is 212 Å². The SMILES string of the molecule is c1ccc(-c2ccc(-c3ccc4c(c3)c3cc(-c5ccc(-c6ccccc6)cc5)ccc3n4-c3ccc4c(c3)[Si](c3ccccc3)(c3ccccc3)c3ccccc3-4)cc2)cc1. The van der Waals surface area contributed by atoms with Gasteiger partial charge in [0.2, 0.25) is 0 Å². The van der Waals surface area contributed by atoms with Crippen molar-refractivity contribution >= 4 is 50.6 Å². The number of fused-ring (bicyclic) bond motifs is 6. The lowest BCUT2D eigenvalue weighted by Crippen LogP contribution is -2.72. The minimum atomic E-state index is -2.68. The molecule has 2 heterocycles. The molecule has 0 saturated carbocycles. The van der Waals surface area contributed by atoms with Gasteiger partial charge in [-0.25, -0.2) is 0 Å². The predicted molar refractivity (Wildman–Crippen MR) is 265 cm³/mol. The van der Waals surface area contributed by atoms with Gasteiger partial charge in [0.1, 0.15) is 0 Å². The number of rotatable bonds is 7. The molecule has 11 aromatic rings. The second-order valence-corrected chi connectivity index (χ2v) is 20.2. The molecule has 0 bridgehead atoms. The van der Waals surface area contributed by atoms with Crippen LogP contribution < -0.4 is 20.7 Å². The van der Waals surface area contributed by atoms with Gasteiger partial charge in [-0.15, -0.1) is 0 Å². The van der Waals surface area contributed by atoms with E-state index in [2.05, 4.69) is 253 Å². The van der Waals surface area contributed by atoms with Crippen LogP contribution in [0.25, 0.3) is 83.1 Å².